The molecule has 24 heavy (non-hydrogen) atoms. The Morgan fingerprint density at radius 2 is 1.92 bits per heavy atom. The fourth-order valence-electron chi connectivity index (χ4n) is 2.35. The standard InChI is InChI=1S/C17H16FN3O2S/c1-20(2)15-10-17(13-5-3-6-14(18)9-13)21(12-15)24(22,23)16-7-4-8-19-11-16/h3-12H,1-2H3. The van der Waals surface area contributed by atoms with Crippen molar-refractivity contribution in [3.05, 3.63) is 66.9 Å². The topological polar surface area (TPSA) is 55.2 Å². The molecule has 0 fully saturated rings. The van der Waals surface area contributed by atoms with Crippen LogP contribution in [0.4, 0.5) is 10.1 Å². The summed E-state index contributed by atoms with van der Waals surface area (Å²) in [6.07, 6.45) is 4.32. The van der Waals surface area contributed by atoms with E-state index in [4.69, 9.17) is 0 Å². The van der Waals surface area contributed by atoms with E-state index in [9.17, 15) is 12.8 Å². The number of halogens is 1. The van der Waals surface area contributed by atoms with Gasteiger partial charge in [-0.2, -0.15) is 0 Å². The third-order valence-electron chi connectivity index (χ3n) is 3.60. The van der Waals surface area contributed by atoms with E-state index < -0.39 is 15.8 Å². The lowest BCUT2D eigenvalue weighted by Crippen LogP contribution is -2.14. The molecule has 0 spiro atoms. The van der Waals surface area contributed by atoms with Crippen LogP contribution in [0.5, 0.6) is 0 Å². The molecule has 0 saturated carbocycles. The molecule has 0 radical (unpaired) electrons. The second-order valence-electron chi connectivity index (χ2n) is 5.48. The number of hydrogen-bond acceptors (Lipinski definition) is 4. The van der Waals surface area contributed by atoms with Crippen molar-refractivity contribution in [2.24, 2.45) is 0 Å². The van der Waals surface area contributed by atoms with Crippen LogP contribution in [0.1, 0.15) is 0 Å². The van der Waals surface area contributed by atoms with Crippen molar-refractivity contribution in [3.8, 4) is 11.3 Å². The van der Waals surface area contributed by atoms with E-state index in [0.717, 1.165) is 3.97 Å². The molecule has 0 atom stereocenters. The van der Waals surface area contributed by atoms with Crippen molar-refractivity contribution in [1.82, 2.24) is 8.96 Å². The van der Waals surface area contributed by atoms with E-state index in [1.807, 2.05) is 14.1 Å². The average Bonchev–Trinajstić information content (AvgIpc) is 3.02. The van der Waals surface area contributed by atoms with E-state index >= 15 is 0 Å². The summed E-state index contributed by atoms with van der Waals surface area (Å²) in [5.41, 5.74) is 1.57. The van der Waals surface area contributed by atoms with Crippen LogP contribution < -0.4 is 4.90 Å². The maximum absolute atomic E-state index is 13.6. The lowest BCUT2D eigenvalue weighted by Gasteiger charge is -2.10. The van der Waals surface area contributed by atoms with Crippen molar-refractivity contribution in [2.75, 3.05) is 19.0 Å². The molecule has 0 N–H and O–H groups in total. The predicted octanol–water partition coefficient (Wildman–Crippen LogP) is 2.99. The SMILES string of the molecule is CN(C)c1cc(-c2cccc(F)c2)n(S(=O)(=O)c2cccnc2)c1. The van der Waals surface area contributed by atoms with Crippen molar-refractivity contribution >= 4 is 15.7 Å². The van der Waals surface area contributed by atoms with Gasteiger partial charge in [0.15, 0.2) is 0 Å². The number of benzene rings is 1. The highest BCUT2D eigenvalue weighted by Crippen LogP contribution is 2.30. The monoisotopic (exact) mass is 345 g/mol. The molecule has 1 aromatic carbocycles. The second-order valence-corrected chi connectivity index (χ2v) is 7.29. The summed E-state index contributed by atoms with van der Waals surface area (Å²) in [6, 6.07) is 10.6. The normalized spacial score (nSPS) is 11.5. The van der Waals surface area contributed by atoms with Crippen LogP contribution in [0.2, 0.25) is 0 Å². The Hall–Kier alpha value is -2.67. The Bertz CT molecular complexity index is 967. The van der Waals surface area contributed by atoms with Crippen LogP contribution in [-0.4, -0.2) is 31.5 Å². The van der Waals surface area contributed by atoms with E-state index in [1.54, 1.807) is 29.2 Å². The van der Waals surface area contributed by atoms with Crippen molar-refractivity contribution in [2.45, 2.75) is 4.90 Å². The van der Waals surface area contributed by atoms with Gasteiger partial charge in [-0.15, -0.1) is 0 Å². The minimum Gasteiger partial charge on any atom is -0.376 e. The molecule has 0 bridgehead atoms. The highest BCUT2D eigenvalue weighted by Gasteiger charge is 2.22. The van der Waals surface area contributed by atoms with Gasteiger partial charge in [0.2, 0.25) is 0 Å². The molecule has 2 heterocycles. The van der Waals surface area contributed by atoms with Crippen LogP contribution in [0.3, 0.4) is 0 Å². The second kappa shape index (κ2) is 6.09. The molecule has 0 aliphatic carbocycles. The number of aromatic nitrogens is 2. The third-order valence-corrected chi connectivity index (χ3v) is 5.26. The van der Waals surface area contributed by atoms with Crippen LogP contribution in [0.25, 0.3) is 11.3 Å². The third kappa shape index (κ3) is 2.90. The zero-order valence-corrected chi connectivity index (χ0v) is 14.0. The van der Waals surface area contributed by atoms with Crippen molar-refractivity contribution < 1.29 is 12.8 Å². The van der Waals surface area contributed by atoms with Gasteiger partial charge in [0.05, 0.1) is 11.4 Å². The van der Waals surface area contributed by atoms with E-state index in [1.165, 1.54) is 36.8 Å². The average molecular weight is 345 g/mol. The quantitative estimate of drug-likeness (QED) is 0.729. The van der Waals surface area contributed by atoms with Gasteiger partial charge in [0, 0.05) is 38.2 Å². The number of nitrogens with zero attached hydrogens (tertiary/aromatic N) is 3. The molecule has 0 amide bonds. The van der Waals surface area contributed by atoms with Gasteiger partial charge in [0.25, 0.3) is 10.0 Å². The molecule has 5 nitrogen and oxygen atoms in total. The van der Waals surface area contributed by atoms with Gasteiger partial charge in [-0.05, 0) is 30.3 Å². The summed E-state index contributed by atoms with van der Waals surface area (Å²) in [5.74, 6) is -0.426. The van der Waals surface area contributed by atoms with Gasteiger partial charge in [-0.3, -0.25) is 4.98 Å². The Morgan fingerprint density at radius 1 is 1.12 bits per heavy atom. The van der Waals surface area contributed by atoms with E-state index in [0.29, 0.717) is 16.9 Å². The molecular weight excluding hydrogens is 329 g/mol. The highest BCUT2D eigenvalue weighted by atomic mass is 32.2. The van der Waals surface area contributed by atoms with Crippen molar-refractivity contribution in [3.63, 3.8) is 0 Å². The summed E-state index contributed by atoms with van der Waals surface area (Å²) in [5, 5.41) is 0. The maximum Gasteiger partial charge on any atom is 0.269 e. The van der Waals surface area contributed by atoms with Crippen LogP contribution in [0.15, 0.2) is 66.0 Å². The summed E-state index contributed by atoms with van der Waals surface area (Å²) < 4.78 is 40.7. The minimum absolute atomic E-state index is 0.0727. The first-order valence-electron chi connectivity index (χ1n) is 7.21. The molecule has 0 aliphatic heterocycles. The zero-order valence-electron chi connectivity index (χ0n) is 13.2. The molecule has 0 saturated heterocycles. The first kappa shape index (κ1) is 16.2. The molecule has 2 aromatic heterocycles. The van der Waals surface area contributed by atoms with Gasteiger partial charge in [-0.1, -0.05) is 12.1 Å². The van der Waals surface area contributed by atoms with Gasteiger partial charge in [-0.25, -0.2) is 16.8 Å². The van der Waals surface area contributed by atoms with E-state index in [2.05, 4.69) is 4.98 Å². The fraction of sp³-hybridized carbons (Fsp3) is 0.118. The Labute approximate surface area is 140 Å². The fourth-order valence-corrected chi connectivity index (χ4v) is 3.68. The lowest BCUT2D eigenvalue weighted by atomic mass is 10.1. The Morgan fingerprint density at radius 3 is 2.54 bits per heavy atom. The largest absolute Gasteiger partial charge is 0.376 e. The molecule has 0 unspecified atom stereocenters. The van der Waals surface area contributed by atoms with Gasteiger partial charge in [0.1, 0.15) is 10.7 Å². The van der Waals surface area contributed by atoms with Crippen LogP contribution >= 0.6 is 0 Å². The number of hydrogen-bond donors (Lipinski definition) is 0. The maximum atomic E-state index is 13.6. The molecule has 7 heteroatoms. The van der Waals surface area contributed by atoms with Gasteiger partial charge >= 0.3 is 0 Å². The molecule has 124 valence electrons. The van der Waals surface area contributed by atoms with E-state index in [-0.39, 0.29) is 4.90 Å². The minimum atomic E-state index is -3.84. The smallest absolute Gasteiger partial charge is 0.269 e. The molecule has 3 aromatic rings. The number of pyridine rings is 1. The summed E-state index contributed by atoms with van der Waals surface area (Å²) in [7, 11) is -0.216. The number of rotatable bonds is 4. The Kier molecular flexibility index (Phi) is 4.11. The highest BCUT2D eigenvalue weighted by molar-refractivity contribution is 7.90. The van der Waals surface area contributed by atoms with Crippen molar-refractivity contribution in [1.29, 1.82) is 0 Å². The molecular formula is C17H16FN3O2S. The zero-order chi connectivity index (χ0) is 17.3. The predicted molar refractivity (Wildman–Crippen MR) is 91.0 cm³/mol. The number of anilines is 1. The molecule has 0 aliphatic rings. The van der Waals surface area contributed by atoms with Crippen LogP contribution in [-0.2, 0) is 10.0 Å². The van der Waals surface area contributed by atoms with Crippen LogP contribution in [0, 0.1) is 5.82 Å². The first-order valence-corrected chi connectivity index (χ1v) is 8.65. The lowest BCUT2D eigenvalue weighted by molar-refractivity contribution is 0.587. The summed E-state index contributed by atoms with van der Waals surface area (Å²) in [6.45, 7) is 0. The first-order chi connectivity index (χ1) is 11.4. The summed E-state index contributed by atoms with van der Waals surface area (Å²) >= 11 is 0. The molecule has 3 rings (SSSR count). The summed E-state index contributed by atoms with van der Waals surface area (Å²) in [4.78, 5) is 5.73. The Balaban J connectivity index is 2.24. The van der Waals surface area contributed by atoms with Gasteiger partial charge < -0.3 is 4.90 Å².